The van der Waals surface area contributed by atoms with Crippen molar-refractivity contribution in [2.45, 2.75) is 117 Å². The molecule has 0 amide bonds. The van der Waals surface area contributed by atoms with E-state index in [1.54, 1.807) is 0 Å². The van der Waals surface area contributed by atoms with Gasteiger partial charge in [-0.1, -0.05) is 52.4 Å². The van der Waals surface area contributed by atoms with Crippen molar-refractivity contribution in [1.82, 2.24) is 5.48 Å². The highest BCUT2D eigenvalue weighted by molar-refractivity contribution is 4.87. The monoisotopic (exact) mass is 369 g/mol. The molecule has 0 heterocycles. The summed E-state index contributed by atoms with van der Waals surface area (Å²) in [7, 11) is 0. The third-order valence-corrected chi connectivity index (χ3v) is 6.63. The van der Waals surface area contributed by atoms with E-state index < -0.39 is 0 Å². The van der Waals surface area contributed by atoms with Crippen LogP contribution >= 0.6 is 0 Å². The maximum Gasteiger partial charge on any atom is 0.0734 e. The third-order valence-electron chi connectivity index (χ3n) is 6.63. The van der Waals surface area contributed by atoms with E-state index in [1.165, 1.54) is 64.2 Å². The number of hydrogen-bond acceptors (Lipinski definition) is 3. The highest BCUT2D eigenvalue weighted by Gasteiger charge is 2.33. The van der Waals surface area contributed by atoms with Crippen LogP contribution < -0.4 is 5.48 Å². The zero-order valence-electron chi connectivity index (χ0n) is 18.5. The Balaban J connectivity index is 0.00000163. The quantitative estimate of drug-likeness (QED) is 0.507. The fourth-order valence-corrected chi connectivity index (χ4v) is 4.70. The predicted octanol–water partition coefficient (Wildman–Crippen LogP) is 6.11. The van der Waals surface area contributed by atoms with Crippen LogP contribution in [0.3, 0.4) is 0 Å². The number of aliphatic hydroxyl groups excluding tert-OH is 1. The SMILES string of the molecule is CC.CC(C)ONC(C)(C)C1CCC(CCC2CCC(CO)CC2)CC1. The topological polar surface area (TPSA) is 41.5 Å². The standard InChI is InChI=1S/C21H41NO2.C2H6/c1-16(2)24-22-21(3,4)20-13-11-18(12-14-20)6-5-17-7-9-19(15-23)10-8-17;1-2/h16-20,22-23H,5-15H2,1-4H3;1-2H3. The minimum atomic E-state index is 0.0813. The molecule has 0 aliphatic heterocycles. The van der Waals surface area contributed by atoms with Gasteiger partial charge in [0.2, 0.25) is 0 Å². The van der Waals surface area contributed by atoms with E-state index in [4.69, 9.17) is 4.84 Å². The van der Waals surface area contributed by atoms with Gasteiger partial charge in [-0.3, -0.25) is 4.84 Å². The van der Waals surface area contributed by atoms with Gasteiger partial charge < -0.3 is 5.11 Å². The van der Waals surface area contributed by atoms with Gasteiger partial charge in [0.25, 0.3) is 0 Å². The molecule has 3 heteroatoms. The van der Waals surface area contributed by atoms with E-state index in [9.17, 15) is 5.11 Å². The Hall–Kier alpha value is -0.120. The molecule has 26 heavy (non-hydrogen) atoms. The van der Waals surface area contributed by atoms with Crippen LogP contribution in [0.15, 0.2) is 0 Å². The van der Waals surface area contributed by atoms with Crippen molar-refractivity contribution in [2.24, 2.45) is 23.7 Å². The van der Waals surface area contributed by atoms with Crippen molar-refractivity contribution in [3.8, 4) is 0 Å². The highest BCUT2D eigenvalue weighted by atomic mass is 16.7. The van der Waals surface area contributed by atoms with E-state index >= 15 is 0 Å². The lowest BCUT2D eigenvalue weighted by Gasteiger charge is -2.40. The van der Waals surface area contributed by atoms with Crippen LogP contribution in [0.25, 0.3) is 0 Å². The third kappa shape index (κ3) is 8.27. The van der Waals surface area contributed by atoms with Crippen molar-refractivity contribution in [1.29, 1.82) is 0 Å². The van der Waals surface area contributed by atoms with Crippen molar-refractivity contribution in [3.63, 3.8) is 0 Å². The average Bonchev–Trinajstić information content (AvgIpc) is 2.67. The first kappa shape index (κ1) is 23.9. The molecule has 2 fully saturated rings. The van der Waals surface area contributed by atoms with Gasteiger partial charge in [-0.15, -0.1) is 0 Å². The molecule has 0 aromatic rings. The van der Waals surface area contributed by atoms with Gasteiger partial charge in [0.05, 0.1) is 6.10 Å². The van der Waals surface area contributed by atoms with Gasteiger partial charge in [-0.25, -0.2) is 0 Å². The Morgan fingerprint density at radius 2 is 1.27 bits per heavy atom. The van der Waals surface area contributed by atoms with E-state index in [0.29, 0.717) is 12.5 Å². The maximum absolute atomic E-state index is 9.26. The summed E-state index contributed by atoms with van der Waals surface area (Å²) in [4.78, 5) is 5.66. The van der Waals surface area contributed by atoms with Crippen molar-refractivity contribution in [2.75, 3.05) is 6.61 Å². The molecule has 2 N–H and O–H groups in total. The summed E-state index contributed by atoms with van der Waals surface area (Å²) in [5, 5.41) is 9.26. The summed E-state index contributed by atoms with van der Waals surface area (Å²) < 4.78 is 0. The molecule has 0 saturated heterocycles. The van der Waals surface area contributed by atoms with E-state index in [0.717, 1.165) is 17.8 Å². The molecule has 0 aromatic heterocycles. The number of aliphatic hydroxyl groups is 1. The van der Waals surface area contributed by atoms with Crippen LogP contribution in [-0.4, -0.2) is 23.4 Å². The average molecular weight is 370 g/mol. The van der Waals surface area contributed by atoms with E-state index in [-0.39, 0.29) is 11.6 Å². The number of hydrogen-bond donors (Lipinski definition) is 2. The molecule has 2 rings (SSSR count). The predicted molar refractivity (Wildman–Crippen MR) is 112 cm³/mol. The van der Waals surface area contributed by atoms with Gasteiger partial charge in [-0.05, 0) is 77.0 Å². The molecule has 0 radical (unpaired) electrons. The molecule has 0 spiro atoms. The molecule has 0 aromatic carbocycles. The minimum absolute atomic E-state index is 0.0813. The molecular formula is C23H47NO2. The lowest BCUT2D eigenvalue weighted by Crippen LogP contribution is -2.48. The van der Waals surface area contributed by atoms with Crippen LogP contribution in [0, 0.1) is 23.7 Å². The fourth-order valence-electron chi connectivity index (χ4n) is 4.70. The van der Waals surface area contributed by atoms with Gasteiger partial charge in [0, 0.05) is 12.1 Å². The van der Waals surface area contributed by atoms with Crippen molar-refractivity contribution in [3.05, 3.63) is 0 Å². The summed E-state index contributed by atoms with van der Waals surface area (Å²) in [6, 6.07) is 0. The van der Waals surface area contributed by atoms with Crippen LogP contribution in [0.5, 0.6) is 0 Å². The lowest BCUT2D eigenvalue weighted by atomic mass is 9.71. The van der Waals surface area contributed by atoms with Crippen LogP contribution in [0.4, 0.5) is 0 Å². The summed E-state index contributed by atoms with van der Waals surface area (Å²) >= 11 is 0. The number of rotatable bonds is 8. The lowest BCUT2D eigenvalue weighted by molar-refractivity contribution is -0.0717. The first-order chi connectivity index (χ1) is 12.4. The molecule has 0 atom stereocenters. The maximum atomic E-state index is 9.26. The molecule has 2 aliphatic rings. The molecule has 0 bridgehead atoms. The fraction of sp³-hybridized carbons (Fsp3) is 1.00. The summed E-state index contributed by atoms with van der Waals surface area (Å²) in [5.74, 6) is 3.20. The van der Waals surface area contributed by atoms with Crippen molar-refractivity contribution >= 4 is 0 Å². The summed E-state index contributed by atoms with van der Waals surface area (Å²) in [6.45, 7) is 13.1. The Labute approximate surface area is 163 Å². The Kier molecular flexibility index (Phi) is 11.4. The van der Waals surface area contributed by atoms with Gasteiger partial charge in [0.15, 0.2) is 0 Å². The molecule has 2 saturated carbocycles. The largest absolute Gasteiger partial charge is 0.396 e. The summed E-state index contributed by atoms with van der Waals surface area (Å²) in [6.07, 6.45) is 13.8. The number of hydroxylamine groups is 1. The molecule has 0 unspecified atom stereocenters. The molecular weight excluding hydrogens is 322 g/mol. The molecule has 156 valence electrons. The van der Waals surface area contributed by atoms with E-state index in [1.807, 2.05) is 13.8 Å². The second-order valence-electron chi connectivity index (χ2n) is 9.35. The second-order valence-corrected chi connectivity index (χ2v) is 9.35. The zero-order valence-corrected chi connectivity index (χ0v) is 18.5. The van der Waals surface area contributed by atoms with E-state index in [2.05, 4.69) is 33.2 Å². The zero-order chi connectivity index (χ0) is 19.6. The smallest absolute Gasteiger partial charge is 0.0734 e. The second kappa shape index (κ2) is 12.4. The Morgan fingerprint density at radius 1 is 0.846 bits per heavy atom. The highest BCUT2D eigenvalue weighted by Crippen LogP contribution is 2.39. The summed E-state index contributed by atoms with van der Waals surface area (Å²) in [5.41, 5.74) is 3.40. The first-order valence-electron chi connectivity index (χ1n) is 11.4. The van der Waals surface area contributed by atoms with Crippen molar-refractivity contribution < 1.29 is 9.94 Å². The molecule has 3 nitrogen and oxygen atoms in total. The van der Waals surface area contributed by atoms with Crippen LogP contribution in [0.1, 0.15) is 106 Å². The van der Waals surface area contributed by atoms with Gasteiger partial charge >= 0.3 is 0 Å². The number of nitrogens with one attached hydrogen (secondary N) is 1. The van der Waals surface area contributed by atoms with Crippen LogP contribution in [0.2, 0.25) is 0 Å². The Bertz CT molecular complexity index is 340. The minimum Gasteiger partial charge on any atom is -0.396 e. The van der Waals surface area contributed by atoms with Gasteiger partial charge in [-0.2, -0.15) is 5.48 Å². The normalized spacial score (nSPS) is 30.0. The Morgan fingerprint density at radius 3 is 1.69 bits per heavy atom. The van der Waals surface area contributed by atoms with Gasteiger partial charge in [0.1, 0.15) is 0 Å². The molecule has 2 aliphatic carbocycles. The first-order valence-corrected chi connectivity index (χ1v) is 11.4. The van der Waals surface area contributed by atoms with Crippen LogP contribution in [-0.2, 0) is 4.84 Å².